The Hall–Kier alpha value is -1.07. The smallest absolute Gasteiger partial charge is 0.396 e. The summed E-state index contributed by atoms with van der Waals surface area (Å²) >= 11 is 0. The van der Waals surface area contributed by atoms with Crippen LogP contribution in [0.2, 0.25) is 0 Å². The molecule has 1 unspecified atom stereocenters. The summed E-state index contributed by atoms with van der Waals surface area (Å²) in [5.74, 6) is 0. The molecule has 1 rings (SSSR count). The lowest BCUT2D eigenvalue weighted by atomic mass is 10.1. The number of alkyl halides is 3. The van der Waals surface area contributed by atoms with Crippen LogP contribution in [0.4, 0.5) is 13.2 Å². The Balaban J connectivity index is 2.62. The Kier molecular flexibility index (Phi) is 5.62. The molecule has 0 saturated carbocycles. The molecule has 0 aliphatic rings. The first-order valence-corrected chi connectivity index (χ1v) is 5.94. The van der Waals surface area contributed by atoms with Gasteiger partial charge in [-0.1, -0.05) is 18.2 Å². The SMILES string of the molecule is CC(CCCO)NCc1ccccc1C(F)(F)F. The van der Waals surface area contributed by atoms with Gasteiger partial charge in [0.15, 0.2) is 0 Å². The number of aliphatic hydroxyl groups is 1. The molecule has 0 aromatic heterocycles. The molecule has 0 saturated heterocycles. The number of hydrogen-bond donors (Lipinski definition) is 2. The van der Waals surface area contributed by atoms with E-state index in [1.165, 1.54) is 12.1 Å². The maximum Gasteiger partial charge on any atom is 0.416 e. The molecule has 0 aliphatic carbocycles. The summed E-state index contributed by atoms with van der Waals surface area (Å²) in [5, 5.41) is 11.7. The molecule has 5 heteroatoms. The van der Waals surface area contributed by atoms with E-state index < -0.39 is 11.7 Å². The predicted molar refractivity (Wildman–Crippen MR) is 64.1 cm³/mol. The first-order valence-electron chi connectivity index (χ1n) is 5.94. The van der Waals surface area contributed by atoms with Gasteiger partial charge in [-0.25, -0.2) is 0 Å². The molecule has 0 spiro atoms. The Morgan fingerprint density at radius 2 is 1.94 bits per heavy atom. The van der Waals surface area contributed by atoms with Crippen LogP contribution < -0.4 is 5.32 Å². The zero-order valence-corrected chi connectivity index (χ0v) is 10.3. The van der Waals surface area contributed by atoms with Gasteiger partial charge in [-0.2, -0.15) is 13.2 Å². The quantitative estimate of drug-likeness (QED) is 0.825. The van der Waals surface area contributed by atoms with E-state index in [1.807, 2.05) is 6.92 Å². The van der Waals surface area contributed by atoms with E-state index in [4.69, 9.17) is 5.11 Å². The third-order valence-corrected chi connectivity index (χ3v) is 2.76. The monoisotopic (exact) mass is 261 g/mol. The molecule has 0 fully saturated rings. The Morgan fingerprint density at radius 3 is 2.56 bits per heavy atom. The summed E-state index contributed by atoms with van der Waals surface area (Å²) in [6.07, 6.45) is -2.92. The van der Waals surface area contributed by atoms with Crippen LogP contribution in [0, 0.1) is 0 Å². The first-order chi connectivity index (χ1) is 8.45. The second-order valence-electron chi connectivity index (χ2n) is 4.30. The van der Waals surface area contributed by atoms with Crippen molar-refractivity contribution in [3.8, 4) is 0 Å². The Bertz CT molecular complexity index is 365. The van der Waals surface area contributed by atoms with Crippen molar-refractivity contribution in [1.82, 2.24) is 5.32 Å². The van der Waals surface area contributed by atoms with E-state index in [1.54, 1.807) is 6.07 Å². The summed E-state index contributed by atoms with van der Waals surface area (Å²) < 4.78 is 38.1. The molecule has 18 heavy (non-hydrogen) atoms. The van der Waals surface area contributed by atoms with Gasteiger partial charge in [0.1, 0.15) is 0 Å². The number of halogens is 3. The van der Waals surface area contributed by atoms with Gasteiger partial charge in [0.2, 0.25) is 0 Å². The normalized spacial score (nSPS) is 13.6. The maximum atomic E-state index is 12.7. The second-order valence-corrected chi connectivity index (χ2v) is 4.30. The van der Waals surface area contributed by atoms with Gasteiger partial charge in [-0.15, -0.1) is 0 Å². The van der Waals surface area contributed by atoms with E-state index in [0.29, 0.717) is 6.42 Å². The van der Waals surface area contributed by atoms with Crippen LogP contribution in [0.1, 0.15) is 30.9 Å². The van der Waals surface area contributed by atoms with E-state index in [-0.39, 0.29) is 24.8 Å². The Labute approximate surface area is 105 Å². The molecular weight excluding hydrogens is 243 g/mol. The van der Waals surface area contributed by atoms with Crippen molar-refractivity contribution >= 4 is 0 Å². The third-order valence-electron chi connectivity index (χ3n) is 2.76. The van der Waals surface area contributed by atoms with Gasteiger partial charge in [0.05, 0.1) is 5.56 Å². The number of benzene rings is 1. The van der Waals surface area contributed by atoms with Gasteiger partial charge in [-0.05, 0) is 31.4 Å². The molecule has 2 nitrogen and oxygen atoms in total. The fourth-order valence-electron chi connectivity index (χ4n) is 1.73. The number of rotatable bonds is 6. The van der Waals surface area contributed by atoms with E-state index in [2.05, 4.69) is 5.32 Å². The summed E-state index contributed by atoms with van der Waals surface area (Å²) in [6, 6.07) is 5.65. The highest BCUT2D eigenvalue weighted by molar-refractivity contribution is 5.29. The van der Waals surface area contributed by atoms with Crippen LogP contribution >= 0.6 is 0 Å². The molecule has 1 atom stereocenters. The predicted octanol–water partition coefficient (Wildman–Crippen LogP) is 2.96. The summed E-state index contributed by atoms with van der Waals surface area (Å²) in [6.45, 7) is 2.18. The fourth-order valence-corrected chi connectivity index (χ4v) is 1.73. The van der Waals surface area contributed by atoms with Crippen molar-refractivity contribution in [2.24, 2.45) is 0 Å². The summed E-state index contributed by atoms with van der Waals surface area (Å²) in [5.41, 5.74) is -0.340. The molecule has 2 N–H and O–H groups in total. The minimum atomic E-state index is -4.31. The number of hydrogen-bond acceptors (Lipinski definition) is 2. The fraction of sp³-hybridized carbons (Fsp3) is 0.538. The molecule has 1 aromatic carbocycles. The van der Waals surface area contributed by atoms with E-state index >= 15 is 0 Å². The topological polar surface area (TPSA) is 32.3 Å². The van der Waals surface area contributed by atoms with E-state index in [0.717, 1.165) is 12.5 Å². The van der Waals surface area contributed by atoms with Gasteiger partial charge < -0.3 is 10.4 Å². The third kappa shape index (κ3) is 4.66. The maximum absolute atomic E-state index is 12.7. The average molecular weight is 261 g/mol. The number of aliphatic hydroxyl groups excluding tert-OH is 1. The lowest BCUT2D eigenvalue weighted by Crippen LogP contribution is -2.26. The molecule has 0 aliphatic heterocycles. The highest BCUT2D eigenvalue weighted by Crippen LogP contribution is 2.31. The van der Waals surface area contributed by atoms with Crippen molar-refractivity contribution in [3.05, 3.63) is 35.4 Å². The zero-order valence-electron chi connectivity index (χ0n) is 10.3. The van der Waals surface area contributed by atoms with Gasteiger partial charge in [-0.3, -0.25) is 0 Å². The molecule has 0 radical (unpaired) electrons. The molecule has 1 aromatic rings. The average Bonchev–Trinajstić information content (AvgIpc) is 2.33. The highest BCUT2D eigenvalue weighted by Gasteiger charge is 2.32. The van der Waals surface area contributed by atoms with Gasteiger partial charge in [0.25, 0.3) is 0 Å². The van der Waals surface area contributed by atoms with Crippen LogP contribution in [0.5, 0.6) is 0 Å². The van der Waals surface area contributed by atoms with Crippen LogP contribution in [-0.2, 0) is 12.7 Å². The van der Waals surface area contributed by atoms with Gasteiger partial charge >= 0.3 is 6.18 Å². The van der Waals surface area contributed by atoms with Crippen molar-refractivity contribution in [1.29, 1.82) is 0 Å². The second kappa shape index (κ2) is 6.75. The molecule has 102 valence electrons. The molecular formula is C13H18F3NO. The van der Waals surface area contributed by atoms with Crippen LogP contribution in [0.15, 0.2) is 24.3 Å². The summed E-state index contributed by atoms with van der Waals surface area (Å²) in [7, 11) is 0. The van der Waals surface area contributed by atoms with Crippen molar-refractivity contribution in [2.45, 2.75) is 38.5 Å². The molecule has 0 heterocycles. The highest BCUT2D eigenvalue weighted by atomic mass is 19.4. The first kappa shape index (κ1) is 15.0. The largest absolute Gasteiger partial charge is 0.416 e. The summed E-state index contributed by atoms with van der Waals surface area (Å²) in [4.78, 5) is 0. The Morgan fingerprint density at radius 1 is 1.28 bits per heavy atom. The number of nitrogens with one attached hydrogen (secondary N) is 1. The lowest BCUT2D eigenvalue weighted by Gasteiger charge is -2.16. The van der Waals surface area contributed by atoms with Crippen LogP contribution in [-0.4, -0.2) is 17.8 Å². The minimum absolute atomic E-state index is 0.0819. The van der Waals surface area contributed by atoms with Crippen molar-refractivity contribution in [2.75, 3.05) is 6.61 Å². The van der Waals surface area contributed by atoms with Crippen molar-refractivity contribution in [3.63, 3.8) is 0 Å². The lowest BCUT2D eigenvalue weighted by molar-refractivity contribution is -0.138. The van der Waals surface area contributed by atoms with Crippen molar-refractivity contribution < 1.29 is 18.3 Å². The molecule has 0 amide bonds. The minimum Gasteiger partial charge on any atom is -0.396 e. The van der Waals surface area contributed by atoms with Crippen LogP contribution in [0.25, 0.3) is 0 Å². The molecule has 0 bridgehead atoms. The van der Waals surface area contributed by atoms with Crippen LogP contribution in [0.3, 0.4) is 0 Å². The van der Waals surface area contributed by atoms with Gasteiger partial charge in [0, 0.05) is 19.2 Å². The van der Waals surface area contributed by atoms with E-state index in [9.17, 15) is 13.2 Å². The zero-order chi connectivity index (χ0) is 13.6. The standard InChI is InChI=1S/C13H18F3NO/c1-10(5-4-8-18)17-9-11-6-2-3-7-12(11)13(14,15)16/h2-3,6-7,10,17-18H,4-5,8-9H2,1H3.